The first kappa shape index (κ1) is 56.8. The van der Waals surface area contributed by atoms with Gasteiger partial charge in [-0.3, -0.25) is 4.98 Å². The van der Waals surface area contributed by atoms with Gasteiger partial charge in [-0.05, 0) is 211 Å². The monoisotopic (exact) mass is 1170 g/mol. The Hall–Kier alpha value is -9.62. The highest BCUT2D eigenvalue weighted by molar-refractivity contribution is 6.14. The first-order valence-electron chi connectivity index (χ1n) is 27.0. The van der Waals surface area contributed by atoms with Gasteiger partial charge in [-0.15, -0.1) is 0 Å². The van der Waals surface area contributed by atoms with Crippen molar-refractivity contribution in [1.29, 1.82) is 5.26 Å². The molecule has 0 aliphatic rings. The molecule has 430 valence electrons. The number of aryl methyl sites for hydroxylation is 6. The lowest BCUT2D eigenvalue weighted by Gasteiger charge is -2.22. The van der Waals surface area contributed by atoms with Crippen LogP contribution < -0.4 is 0 Å². The van der Waals surface area contributed by atoms with Crippen LogP contribution in [0.1, 0.15) is 61.5 Å². The van der Waals surface area contributed by atoms with E-state index in [4.69, 9.17) is 4.98 Å². The van der Waals surface area contributed by atoms with Crippen molar-refractivity contribution in [2.45, 2.75) is 66.2 Å². The molecule has 0 unspecified atom stereocenters. The lowest BCUT2D eigenvalue weighted by Crippen LogP contribution is -2.06. The van der Waals surface area contributed by atoms with Crippen LogP contribution in [-0.2, 0) is 24.7 Å². The molecule has 0 N–H and O–H groups in total. The molecule has 0 amide bonds. The summed E-state index contributed by atoms with van der Waals surface area (Å²) < 4.78 is 178. The Morgan fingerprint density at radius 1 is 0.314 bits per heavy atom. The molecule has 0 aliphatic carbocycles. The van der Waals surface area contributed by atoms with E-state index in [1.54, 1.807) is 151 Å². The highest BCUT2D eigenvalue weighted by atomic mass is 19.4. The third-order valence-corrected chi connectivity index (χ3v) is 15.6. The zero-order valence-corrected chi connectivity index (χ0v) is 46.5. The Morgan fingerprint density at radius 2 is 0.581 bits per heavy atom. The highest BCUT2D eigenvalue weighted by Crippen LogP contribution is 2.47. The van der Waals surface area contributed by atoms with Gasteiger partial charge in [0.25, 0.3) is 0 Å². The second-order valence-electron chi connectivity index (χ2n) is 22.1. The summed E-state index contributed by atoms with van der Waals surface area (Å²) in [6.45, 7) is 9.75. The number of aromatic nitrogens is 3. The van der Waals surface area contributed by atoms with Gasteiger partial charge < -0.3 is 9.13 Å². The molecule has 0 spiro atoms. The van der Waals surface area contributed by atoms with Gasteiger partial charge in [0.1, 0.15) is 0 Å². The summed E-state index contributed by atoms with van der Waals surface area (Å²) in [6.07, 6.45) is -18.8. The molecule has 86 heavy (non-hydrogen) atoms. The fourth-order valence-corrected chi connectivity index (χ4v) is 12.0. The number of halogens is 12. The first-order chi connectivity index (χ1) is 40.5. The Labute approximate surface area is 484 Å². The standard InChI is InChI=1S/C70H46F12N4/c1-36-15-47(27-52(19-36)67(71,72)73)43-7-11-56-57-12-8-44(48-16-37(2)20-53(28-48)68(74,75)76)32-61(57)85(60(56)31-43)64-25-42(35-83)26-65(66(64)51-23-40(5)84-41(6)24-51)86-62-33-45(49-17-38(3)21-54(29-49)69(77,78)79)9-13-58(62)59-14-10-46(34-63(59)86)50-18-39(4)22-55(30-50)70(80,81)82/h7-34H,1-6H3. The fraction of sp³-hybridized carbons (Fsp3) is 0.143. The number of fused-ring (bicyclic) bond motifs is 6. The van der Waals surface area contributed by atoms with Crippen molar-refractivity contribution < 1.29 is 52.7 Å². The lowest BCUT2D eigenvalue weighted by molar-refractivity contribution is -0.138. The molecule has 3 heterocycles. The molecule has 0 fully saturated rings. The summed E-state index contributed by atoms with van der Waals surface area (Å²) in [5, 5.41) is 13.6. The van der Waals surface area contributed by atoms with Crippen molar-refractivity contribution in [1.82, 2.24) is 14.1 Å². The van der Waals surface area contributed by atoms with Crippen molar-refractivity contribution in [2.24, 2.45) is 0 Å². The number of nitriles is 1. The lowest BCUT2D eigenvalue weighted by atomic mass is 9.96. The molecular formula is C70H46F12N4. The Morgan fingerprint density at radius 3 is 0.826 bits per heavy atom. The van der Waals surface area contributed by atoms with E-state index in [0.717, 1.165) is 48.5 Å². The van der Waals surface area contributed by atoms with Crippen molar-refractivity contribution in [3.8, 4) is 73.1 Å². The number of hydrogen-bond donors (Lipinski definition) is 0. The Kier molecular flexibility index (Phi) is 13.4. The van der Waals surface area contributed by atoms with E-state index in [9.17, 15) is 57.9 Å². The molecule has 0 saturated carbocycles. The van der Waals surface area contributed by atoms with E-state index in [-0.39, 0.29) is 27.8 Å². The molecule has 0 atom stereocenters. The van der Waals surface area contributed by atoms with Crippen LogP contribution in [0.4, 0.5) is 52.7 Å². The van der Waals surface area contributed by atoms with Crippen LogP contribution in [0.2, 0.25) is 0 Å². The summed E-state index contributed by atoms with van der Waals surface area (Å²) in [4.78, 5) is 4.70. The zero-order chi connectivity index (χ0) is 61.3. The van der Waals surface area contributed by atoms with Crippen molar-refractivity contribution in [3.63, 3.8) is 0 Å². The average Bonchev–Trinajstić information content (AvgIpc) is 1.60. The van der Waals surface area contributed by atoms with Crippen molar-refractivity contribution in [3.05, 3.63) is 231 Å². The van der Waals surface area contributed by atoms with E-state index in [2.05, 4.69) is 6.07 Å². The van der Waals surface area contributed by atoms with E-state index < -0.39 is 47.0 Å². The number of benzene rings is 9. The largest absolute Gasteiger partial charge is 0.416 e. The van der Waals surface area contributed by atoms with Crippen LogP contribution in [0.15, 0.2) is 170 Å². The first-order valence-corrected chi connectivity index (χ1v) is 27.0. The van der Waals surface area contributed by atoms with Gasteiger partial charge in [0.2, 0.25) is 0 Å². The molecule has 0 bridgehead atoms. The number of hydrogen-bond acceptors (Lipinski definition) is 2. The van der Waals surface area contributed by atoms with Gasteiger partial charge >= 0.3 is 24.7 Å². The van der Waals surface area contributed by atoms with E-state index in [1.807, 2.05) is 21.3 Å². The summed E-state index contributed by atoms with van der Waals surface area (Å²) in [7, 11) is 0. The van der Waals surface area contributed by atoms with E-state index >= 15 is 0 Å². The molecule has 12 rings (SSSR count). The predicted molar refractivity (Wildman–Crippen MR) is 313 cm³/mol. The number of alkyl halides is 12. The summed E-state index contributed by atoms with van der Waals surface area (Å²) in [5.41, 5.74) is 4.61. The molecule has 12 aromatic rings. The molecule has 0 saturated heterocycles. The summed E-state index contributed by atoms with van der Waals surface area (Å²) in [5.74, 6) is 0. The maximum Gasteiger partial charge on any atom is 0.416 e. The molecule has 0 aliphatic heterocycles. The highest BCUT2D eigenvalue weighted by Gasteiger charge is 2.35. The summed E-state index contributed by atoms with van der Waals surface area (Å²) in [6, 6.07) is 44.6. The average molecular weight is 1170 g/mol. The summed E-state index contributed by atoms with van der Waals surface area (Å²) >= 11 is 0. The zero-order valence-electron chi connectivity index (χ0n) is 46.5. The van der Waals surface area contributed by atoms with Gasteiger partial charge in [-0.25, -0.2) is 0 Å². The third kappa shape index (κ3) is 10.4. The van der Waals surface area contributed by atoms with Crippen molar-refractivity contribution >= 4 is 43.6 Å². The second kappa shape index (κ2) is 20.3. The maximum absolute atomic E-state index is 14.5. The maximum atomic E-state index is 14.5. The fourth-order valence-electron chi connectivity index (χ4n) is 12.0. The quantitative estimate of drug-likeness (QED) is 0.149. The molecule has 4 nitrogen and oxygen atoms in total. The molecule has 3 aromatic heterocycles. The SMILES string of the molecule is Cc1cc(-c2ccc3c4ccc(-c5cc(C)cc(C(F)(F)F)c5)cc4n(-c4cc(C#N)cc(-n5c6cc(-c7cc(C)cc(C(F)(F)F)c7)ccc6c6ccc(-c7cc(C)cc(C(F)(F)F)c7)cc65)c4-c4cc(C)nc(C)c4)c3c2)cc(C(F)(F)F)c1. The minimum atomic E-state index is -4.70. The van der Waals surface area contributed by atoms with Crippen molar-refractivity contribution in [2.75, 3.05) is 0 Å². The van der Waals surface area contributed by atoms with Crippen LogP contribution in [-0.4, -0.2) is 14.1 Å². The Bertz CT molecular complexity index is 4320. The minimum absolute atomic E-state index is 0.0647. The molecule has 16 heteroatoms. The normalized spacial score (nSPS) is 12.5. The molecule has 0 radical (unpaired) electrons. The molecule has 9 aromatic carbocycles. The number of nitrogens with zero attached hydrogens (tertiary/aromatic N) is 4. The number of pyridine rings is 1. The van der Waals surface area contributed by atoms with Crippen LogP contribution in [0.3, 0.4) is 0 Å². The van der Waals surface area contributed by atoms with Gasteiger partial charge in [0, 0.05) is 38.5 Å². The van der Waals surface area contributed by atoms with Crippen LogP contribution in [0, 0.1) is 52.9 Å². The van der Waals surface area contributed by atoms with Crippen LogP contribution in [0.25, 0.3) is 111 Å². The van der Waals surface area contributed by atoms with E-state index in [1.165, 1.54) is 0 Å². The minimum Gasteiger partial charge on any atom is -0.308 e. The molecular weight excluding hydrogens is 1120 g/mol. The Balaban J connectivity index is 1.25. The van der Waals surface area contributed by atoms with Crippen LogP contribution in [0.5, 0.6) is 0 Å². The van der Waals surface area contributed by atoms with Gasteiger partial charge in [0.15, 0.2) is 0 Å². The van der Waals surface area contributed by atoms with Gasteiger partial charge in [0.05, 0.1) is 67.3 Å². The predicted octanol–water partition coefficient (Wildman–Crippen LogP) is 21.4. The second-order valence-corrected chi connectivity index (χ2v) is 22.1. The van der Waals surface area contributed by atoms with Crippen LogP contribution >= 0.6 is 0 Å². The topological polar surface area (TPSA) is 46.5 Å². The third-order valence-electron chi connectivity index (χ3n) is 15.6. The van der Waals surface area contributed by atoms with E-state index in [0.29, 0.717) is 122 Å². The number of rotatable bonds is 7. The van der Waals surface area contributed by atoms with Gasteiger partial charge in [-0.2, -0.15) is 57.9 Å². The smallest absolute Gasteiger partial charge is 0.308 e. The van der Waals surface area contributed by atoms with Gasteiger partial charge in [-0.1, -0.05) is 72.8 Å².